The molecule has 1 unspecified atom stereocenters. The summed E-state index contributed by atoms with van der Waals surface area (Å²) >= 11 is 0. The van der Waals surface area contributed by atoms with Crippen LogP contribution in [0.4, 0.5) is 0 Å². The monoisotopic (exact) mass is 270 g/mol. The third kappa shape index (κ3) is 3.93. The summed E-state index contributed by atoms with van der Waals surface area (Å²) in [4.78, 5) is 23.8. The zero-order chi connectivity index (χ0) is 14.5. The van der Waals surface area contributed by atoms with E-state index in [0.29, 0.717) is 19.3 Å². The molecule has 0 bridgehead atoms. The van der Waals surface area contributed by atoms with E-state index in [2.05, 4.69) is 5.32 Å². The van der Waals surface area contributed by atoms with Gasteiger partial charge in [-0.05, 0) is 26.2 Å². The maximum absolute atomic E-state index is 12.2. The standard InChI is InChI=1S/C14H26N2O3/c1-3-8-13(2,15)11(17)16-14(12(18)19)9-6-4-5-7-10-14/h3-10,15H2,1-2H3,(H,16,17)(H,18,19). The van der Waals surface area contributed by atoms with Gasteiger partial charge in [0.1, 0.15) is 5.54 Å². The fourth-order valence-corrected chi connectivity index (χ4v) is 2.72. The quantitative estimate of drug-likeness (QED) is 0.664. The summed E-state index contributed by atoms with van der Waals surface area (Å²) < 4.78 is 0. The maximum atomic E-state index is 12.2. The molecule has 5 nitrogen and oxygen atoms in total. The van der Waals surface area contributed by atoms with Gasteiger partial charge in [0.2, 0.25) is 5.91 Å². The zero-order valence-electron chi connectivity index (χ0n) is 12.0. The van der Waals surface area contributed by atoms with Crippen molar-refractivity contribution in [2.45, 2.75) is 76.3 Å². The van der Waals surface area contributed by atoms with Crippen molar-refractivity contribution < 1.29 is 14.7 Å². The molecule has 19 heavy (non-hydrogen) atoms. The Balaban J connectivity index is 2.83. The van der Waals surface area contributed by atoms with Crippen LogP contribution in [0.25, 0.3) is 0 Å². The predicted molar refractivity (Wildman–Crippen MR) is 73.7 cm³/mol. The Bertz CT molecular complexity index is 332. The predicted octanol–water partition coefficient (Wildman–Crippen LogP) is 1.80. The molecule has 1 atom stereocenters. The molecule has 0 heterocycles. The topological polar surface area (TPSA) is 92.4 Å². The van der Waals surface area contributed by atoms with Crippen molar-refractivity contribution in [1.82, 2.24) is 5.32 Å². The Hall–Kier alpha value is -1.10. The van der Waals surface area contributed by atoms with Crippen LogP contribution in [0, 0.1) is 0 Å². The summed E-state index contributed by atoms with van der Waals surface area (Å²) in [6, 6.07) is 0. The van der Waals surface area contributed by atoms with Gasteiger partial charge in [-0.25, -0.2) is 4.79 Å². The van der Waals surface area contributed by atoms with Gasteiger partial charge in [0.05, 0.1) is 5.54 Å². The fraction of sp³-hybridized carbons (Fsp3) is 0.857. The zero-order valence-corrected chi connectivity index (χ0v) is 12.0. The molecule has 1 amide bonds. The first kappa shape index (κ1) is 16.0. The Morgan fingerprint density at radius 1 is 1.26 bits per heavy atom. The number of rotatable bonds is 5. The number of carbonyl (C=O) groups excluding carboxylic acids is 1. The summed E-state index contributed by atoms with van der Waals surface area (Å²) in [5, 5.41) is 12.2. The van der Waals surface area contributed by atoms with Crippen LogP contribution in [-0.2, 0) is 9.59 Å². The van der Waals surface area contributed by atoms with Crippen molar-refractivity contribution in [2.75, 3.05) is 0 Å². The number of aliphatic carboxylic acids is 1. The Labute approximate surface area is 114 Å². The number of nitrogens with two attached hydrogens (primary N) is 1. The second-order valence-electron chi connectivity index (χ2n) is 5.92. The van der Waals surface area contributed by atoms with E-state index in [1.807, 2.05) is 6.92 Å². The van der Waals surface area contributed by atoms with Crippen molar-refractivity contribution in [3.63, 3.8) is 0 Å². The molecule has 0 aliphatic heterocycles. The first-order valence-corrected chi connectivity index (χ1v) is 7.19. The summed E-state index contributed by atoms with van der Waals surface area (Å²) in [6.07, 6.45) is 6.06. The van der Waals surface area contributed by atoms with Gasteiger partial charge >= 0.3 is 5.97 Å². The van der Waals surface area contributed by atoms with E-state index in [4.69, 9.17) is 5.73 Å². The Morgan fingerprint density at radius 2 is 1.79 bits per heavy atom. The molecule has 0 aromatic carbocycles. The molecule has 1 rings (SSSR count). The second-order valence-corrected chi connectivity index (χ2v) is 5.92. The first-order valence-electron chi connectivity index (χ1n) is 7.19. The number of carboxylic acid groups (broad SMARTS) is 1. The molecule has 0 saturated heterocycles. The van der Waals surface area contributed by atoms with Crippen LogP contribution in [0.2, 0.25) is 0 Å². The summed E-state index contributed by atoms with van der Waals surface area (Å²) in [5.74, 6) is -1.28. The highest BCUT2D eigenvalue weighted by Crippen LogP contribution is 2.28. The van der Waals surface area contributed by atoms with Gasteiger partial charge < -0.3 is 16.2 Å². The molecule has 0 aromatic heterocycles. The van der Waals surface area contributed by atoms with Gasteiger partial charge in [0.15, 0.2) is 0 Å². The average molecular weight is 270 g/mol. The van der Waals surface area contributed by atoms with Crippen molar-refractivity contribution in [3.05, 3.63) is 0 Å². The van der Waals surface area contributed by atoms with Crippen LogP contribution in [-0.4, -0.2) is 28.1 Å². The number of carbonyl (C=O) groups is 2. The third-order valence-corrected chi connectivity index (χ3v) is 4.01. The molecule has 0 radical (unpaired) electrons. The highest BCUT2D eigenvalue weighted by atomic mass is 16.4. The molecule has 1 fully saturated rings. The van der Waals surface area contributed by atoms with E-state index >= 15 is 0 Å². The number of nitrogens with one attached hydrogen (secondary N) is 1. The highest BCUT2D eigenvalue weighted by molar-refractivity contribution is 5.91. The highest BCUT2D eigenvalue weighted by Gasteiger charge is 2.42. The van der Waals surface area contributed by atoms with Gasteiger partial charge in [0.25, 0.3) is 0 Å². The molecule has 1 saturated carbocycles. The van der Waals surface area contributed by atoms with Crippen molar-refractivity contribution in [3.8, 4) is 0 Å². The molecular formula is C14H26N2O3. The van der Waals surface area contributed by atoms with E-state index in [1.165, 1.54) is 0 Å². The van der Waals surface area contributed by atoms with Crippen LogP contribution in [0.3, 0.4) is 0 Å². The minimum Gasteiger partial charge on any atom is -0.480 e. The maximum Gasteiger partial charge on any atom is 0.329 e. The van der Waals surface area contributed by atoms with Gasteiger partial charge in [-0.2, -0.15) is 0 Å². The normalized spacial score (nSPS) is 22.1. The molecule has 1 aliphatic rings. The lowest BCUT2D eigenvalue weighted by Gasteiger charge is -2.33. The van der Waals surface area contributed by atoms with E-state index in [1.54, 1.807) is 6.92 Å². The van der Waals surface area contributed by atoms with Crippen LogP contribution < -0.4 is 11.1 Å². The summed E-state index contributed by atoms with van der Waals surface area (Å²) in [6.45, 7) is 3.62. The number of hydrogen-bond acceptors (Lipinski definition) is 3. The van der Waals surface area contributed by atoms with Gasteiger partial charge in [0, 0.05) is 0 Å². The Morgan fingerprint density at radius 3 is 2.21 bits per heavy atom. The van der Waals surface area contributed by atoms with Crippen LogP contribution in [0.1, 0.15) is 65.2 Å². The minimum atomic E-state index is -1.12. The van der Waals surface area contributed by atoms with Crippen molar-refractivity contribution in [1.29, 1.82) is 0 Å². The fourth-order valence-electron chi connectivity index (χ4n) is 2.72. The van der Waals surface area contributed by atoms with Gasteiger partial charge in [-0.3, -0.25) is 4.79 Å². The van der Waals surface area contributed by atoms with E-state index in [-0.39, 0.29) is 5.91 Å². The lowest BCUT2D eigenvalue weighted by Crippen LogP contribution is -2.62. The molecule has 4 N–H and O–H groups in total. The van der Waals surface area contributed by atoms with Crippen LogP contribution in [0.5, 0.6) is 0 Å². The van der Waals surface area contributed by atoms with Crippen LogP contribution in [0.15, 0.2) is 0 Å². The molecule has 110 valence electrons. The first-order chi connectivity index (χ1) is 8.84. The number of hydrogen-bond donors (Lipinski definition) is 3. The summed E-state index contributed by atoms with van der Waals surface area (Å²) in [5.41, 5.74) is 3.86. The molecule has 1 aliphatic carbocycles. The summed E-state index contributed by atoms with van der Waals surface area (Å²) in [7, 11) is 0. The van der Waals surface area contributed by atoms with Gasteiger partial charge in [-0.1, -0.05) is 39.0 Å². The molecular weight excluding hydrogens is 244 g/mol. The second kappa shape index (κ2) is 6.37. The number of carboxylic acids is 1. The van der Waals surface area contributed by atoms with E-state index < -0.39 is 17.0 Å². The molecule has 0 spiro atoms. The van der Waals surface area contributed by atoms with Crippen molar-refractivity contribution in [2.24, 2.45) is 5.73 Å². The third-order valence-electron chi connectivity index (χ3n) is 4.01. The van der Waals surface area contributed by atoms with E-state index in [0.717, 1.165) is 32.1 Å². The molecule has 5 heteroatoms. The lowest BCUT2D eigenvalue weighted by molar-refractivity contribution is -0.149. The average Bonchev–Trinajstić information content (AvgIpc) is 2.55. The van der Waals surface area contributed by atoms with E-state index in [9.17, 15) is 14.7 Å². The largest absolute Gasteiger partial charge is 0.480 e. The smallest absolute Gasteiger partial charge is 0.329 e. The van der Waals surface area contributed by atoms with Crippen molar-refractivity contribution >= 4 is 11.9 Å². The molecule has 0 aromatic rings. The minimum absolute atomic E-state index is 0.348. The van der Waals surface area contributed by atoms with Crippen LogP contribution >= 0.6 is 0 Å². The van der Waals surface area contributed by atoms with Gasteiger partial charge in [-0.15, -0.1) is 0 Å². The number of amides is 1. The Kier molecular flexibility index (Phi) is 5.35. The lowest BCUT2D eigenvalue weighted by atomic mass is 9.87. The SMILES string of the molecule is CCCC(C)(N)C(=O)NC1(C(=O)O)CCCCCC1.